The summed E-state index contributed by atoms with van der Waals surface area (Å²) in [5, 5.41) is 3.12. The SMILES string of the molecule is Cc1c(NS(C)(=O)=O)cccc1C(=O)NC1CCCCCCC1. The van der Waals surface area contributed by atoms with Gasteiger partial charge in [-0.25, -0.2) is 8.42 Å². The van der Waals surface area contributed by atoms with Crippen molar-refractivity contribution in [3.8, 4) is 0 Å². The Kier molecular flexibility index (Phi) is 6.04. The predicted molar refractivity (Wildman–Crippen MR) is 93.2 cm³/mol. The average molecular weight is 338 g/mol. The lowest BCUT2D eigenvalue weighted by Gasteiger charge is -2.22. The number of benzene rings is 1. The van der Waals surface area contributed by atoms with Gasteiger partial charge in [0.25, 0.3) is 5.91 Å². The number of carbonyl (C=O) groups is 1. The lowest BCUT2D eigenvalue weighted by Crippen LogP contribution is -2.35. The second kappa shape index (κ2) is 7.81. The maximum Gasteiger partial charge on any atom is 0.251 e. The zero-order chi connectivity index (χ0) is 16.9. The minimum absolute atomic E-state index is 0.120. The van der Waals surface area contributed by atoms with Crippen LogP contribution < -0.4 is 10.0 Å². The fourth-order valence-corrected chi connectivity index (χ4v) is 3.68. The standard InChI is InChI=1S/C17H26N2O3S/c1-13-15(11-8-12-16(13)19-23(2,21)22)17(20)18-14-9-6-4-3-5-7-10-14/h8,11-12,14,19H,3-7,9-10H2,1-2H3,(H,18,20). The van der Waals surface area contributed by atoms with E-state index in [4.69, 9.17) is 0 Å². The number of hydrogen-bond acceptors (Lipinski definition) is 3. The molecule has 0 bridgehead atoms. The van der Waals surface area contributed by atoms with Gasteiger partial charge >= 0.3 is 0 Å². The van der Waals surface area contributed by atoms with E-state index in [1.807, 2.05) is 0 Å². The Morgan fingerprint density at radius 3 is 2.30 bits per heavy atom. The van der Waals surface area contributed by atoms with Crippen LogP contribution >= 0.6 is 0 Å². The molecular weight excluding hydrogens is 312 g/mol. The molecule has 0 aromatic heterocycles. The summed E-state index contributed by atoms with van der Waals surface area (Å²) in [6.45, 7) is 1.76. The molecule has 5 nitrogen and oxygen atoms in total. The molecule has 1 amide bonds. The fraction of sp³-hybridized carbons (Fsp3) is 0.588. The molecule has 6 heteroatoms. The molecule has 0 saturated heterocycles. The fourth-order valence-electron chi connectivity index (χ4n) is 3.06. The van der Waals surface area contributed by atoms with Crippen molar-refractivity contribution in [2.75, 3.05) is 11.0 Å². The highest BCUT2D eigenvalue weighted by molar-refractivity contribution is 7.92. The van der Waals surface area contributed by atoms with Gasteiger partial charge in [-0.3, -0.25) is 9.52 Å². The third-order valence-corrected chi connectivity index (χ3v) is 4.90. The number of hydrogen-bond donors (Lipinski definition) is 2. The highest BCUT2D eigenvalue weighted by Gasteiger charge is 2.18. The summed E-state index contributed by atoms with van der Waals surface area (Å²) < 4.78 is 25.3. The smallest absolute Gasteiger partial charge is 0.251 e. The van der Waals surface area contributed by atoms with Crippen molar-refractivity contribution in [2.24, 2.45) is 0 Å². The Labute approximate surface area is 138 Å². The van der Waals surface area contributed by atoms with Crippen LogP contribution in [0.2, 0.25) is 0 Å². The van der Waals surface area contributed by atoms with E-state index in [9.17, 15) is 13.2 Å². The monoisotopic (exact) mass is 338 g/mol. The molecule has 1 aromatic rings. The summed E-state index contributed by atoms with van der Waals surface area (Å²) in [5.74, 6) is -0.120. The van der Waals surface area contributed by atoms with Gasteiger partial charge in [-0.1, -0.05) is 38.2 Å². The minimum atomic E-state index is -3.36. The van der Waals surface area contributed by atoms with E-state index in [1.54, 1.807) is 25.1 Å². The third-order valence-electron chi connectivity index (χ3n) is 4.31. The van der Waals surface area contributed by atoms with Crippen molar-refractivity contribution >= 4 is 21.6 Å². The average Bonchev–Trinajstić information content (AvgIpc) is 2.42. The number of nitrogens with one attached hydrogen (secondary N) is 2. The normalized spacial score (nSPS) is 17.1. The Morgan fingerprint density at radius 2 is 1.70 bits per heavy atom. The van der Waals surface area contributed by atoms with Gasteiger partial charge in [0.15, 0.2) is 0 Å². The summed E-state index contributed by atoms with van der Waals surface area (Å²) in [4.78, 5) is 12.6. The Bertz CT molecular complexity index is 648. The van der Waals surface area contributed by atoms with Gasteiger partial charge in [0.1, 0.15) is 0 Å². The molecule has 1 fully saturated rings. The molecular formula is C17H26N2O3S. The van der Waals surface area contributed by atoms with Crippen LogP contribution in [0.4, 0.5) is 5.69 Å². The van der Waals surface area contributed by atoms with E-state index in [-0.39, 0.29) is 11.9 Å². The molecule has 0 atom stereocenters. The first-order chi connectivity index (χ1) is 10.9. The molecule has 0 aliphatic heterocycles. The Hall–Kier alpha value is -1.56. The van der Waals surface area contributed by atoms with Crippen molar-refractivity contribution in [3.63, 3.8) is 0 Å². The van der Waals surface area contributed by atoms with E-state index < -0.39 is 10.0 Å². The summed E-state index contributed by atoms with van der Waals surface area (Å²) in [6, 6.07) is 5.33. The van der Waals surface area contributed by atoms with Crippen molar-refractivity contribution < 1.29 is 13.2 Å². The molecule has 1 aromatic carbocycles. The second-order valence-corrected chi connectivity index (χ2v) is 8.12. The van der Waals surface area contributed by atoms with Crippen LogP contribution in [0.15, 0.2) is 18.2 Å². The number of carbonyl (C=O) groups excluding carboxylic acids is 1. The van der Waals surface area contributed by atoms with Gasteiger partial charge in [0.05, 0.1) is 11.9 Å². The molecule has 2 rings (SSSR count). The van der Waals surface area contributed by atoms with E-state index >= 15 is 0 Å². The topological polar surface area (TPSA) is 75.3 Å². The van der Waals surface area contributed by atoms with E-state index in [0.29, 0.717) is 16.8 Å². The lowest BCUT2D eigenvalue weighted by atomic mass is 9.96. The number of anilines is 1. The summed E-state index contributed by atoms with van der Waals surface area (Å²) in [7, 11) is -3.36. The maximum absolute atomic E-state index is 12.6. The zero-order valence-electron chi connectivity index (χ0n) is 13.9. The maximum atomic E-state index is 12.6. The van der Waals surface area contributed by atoms with Crippen LogP contribution in [0.25, 0.3) is 0 Å². The highest BCUT2D eigenvalue weighted by Crippen LogP contribution is 2.21. The van der Waals surface area contributed by atoms with Crippen LogP contribution in [0.1, 0.15) is 60.9 Å². The van der Waals surface area contributed by atoms with Crippen molar-refractivity contribution in [1.29, 1.82) is 0 Å². The molecule has 0 unspecified atom stereocenters. The zero-order valence-corrected chi connectivity index (χ0v) is 14.7. The molecule has 0 heterocycles. The summed E-state index contributed by atoms with van der Waals surface area (Å²) in [5.41, 5.74) is 1.64. The van der Waals surface area contributed by atoms with Gasteiger partial charge < -0.3 is 5.32 Å². The van der Waals surface area contributed by atoms with Crippen LogP contribution in [0.3, 0.4) is 0 Å². The van der Waals surface area contributed by atoms with Crippen molar-refractivity contribution in [1.82, 2.24) is 5.32 Å². The lowest BCUT2D eigenvalue weighted by molar-refractivity contribution is 0.0930. The number of rotatable bonds is 4. The van der Waals surface area contributed by atoms with Gasteiger partial charge in [0.2, 0.25) is 10.0 Å². The van der Waals surface area contributed by atoms with Crippen molar-refractivity contribution in [2.45, 2.75) is 57.9 Å². The highest BCUT2D eigenvalue weighted by atomic mass is 32.2. The van der Waals surface area contributed by atoms with Crippen LogP contribution in [-0.2, 0) is 10.0 Å². The second-order valence-electron chi connectivity index (χ2n) is 6.37. The molecule has 23 heavy (non-hydrogen) atoms. The quantitative estimate of drug-likeness (QED) is 0.885. The molecule has 2 N–H and O–H groups in total. The molecule has 1 saturated carbocycles. The van der Waals surface area contributed by atoms with Gasteiger partial charge in [-0.15, -0.1) is 0 Å². The molecule has 128 valence electrons. The number of sulfonamides is 1. The molecule has 0 spiro atoms. The number of amides is 1. The van der Waals surface area contributed by atoms with Crippen LogP contribution in [0.5, 0.6) is 0 Å². The van der Waals surface area contributed by atoms with Gasteiger partial charge in [-0.2, -0.15) is 0 Å². The summed E-state index contributed by atoms with van der Waals surface area (Å²) >= 11 is 0. The Balaban J connectivity index is 2.10. The first-order valence-corrected chi connectivity index (χ1v) is 10.1. The third kappa shape index (κ3) is 5.53. The molecule has 1 aliphatic rings. The largest absolute Gasteiger partial charge is 0.349 e. The van der Waals surface area contributed by atoms with E-state index in [0.717, 1.165) is 31.9 Å². The summed E-state index contributed by atoms with van der Waals surface area (Å²) in [6.07, 6.45) is 9.21. The molecule has 0 radical (unpaired) electrons. The molecule has 1 aliphatic carbocycles. The van der Waals surface area contributed by atoms with Crippen molar-refractivity contribution in [3.05, 3.63) is 29.3 Å². The first kappa shape index (κ1) is 17.8. The Morgan fingerprint density at radius 1 is 1.09 bits per heavy atom. The predicted octanol–water partition coefficient (Wildman–Crippen LogP) is 3.21. The minimum Gasteiger partial charge on any atom is -0.349 e. The van der Waals surface area contributed by atoms with E-state index in [2.05, 4.69) is 10.0 Å². The van der Waals surface area contributed by atoms with Gasteiger partial charge in [0, 0.05) is 11.6 Å². The van der Waals surface area contributed by atoms with E-state index in [1.165, 1.54) is 19.3 Å². The van der Waals surface area contributed by atoms with Gasteiger partial charge in [-0.05, 0) is 37.5 Å². The van der Waals surface area contributed by atoms with Crippen LogP contribution in [-0.4, -0.2) is 26.6 Å². The first-order valence-electron chi connectivity index (χ1n) is 8.25. The van der Waals surface area contributed by atoms with Crippen LogP contribution in [0, 0.1) is 6.92 Å².